The smallest absolute Gasteiger partial charge is 0.275 e. The molecule has 0 spiro atoms. The summed E-state index contributed by atoms with van der Waals surface area (Å²) in [7, 11) is 3.02. The molecule has 2 aromatic rings. The molecule has 6 heteroatoms. The van der Waals surface area contributed by atoms with Crippen LogP contribution in [0.5, 0.6) is 11.5 Å². The largest absolute Gasteiger partial charge is 0.497 e. The molecule has 1 amide bonds. The second kappa shape index (κ2) is 7.61. The van der Waals surface area contributed by atoms with Gasteiger partial charge in [0.2, 0.25) is 0 Å². The van der Waals surface area contributed by atoms with Crippen molar-refractivity contribution in [3.05, 3.63) is 59.2 Å². The van der Waals surface area contributed by atoms with Crippen LogP contribution in [0.4, 0.5) is 0 Å². The number of benzene rings is 2. The van der Waals surface area contributed by atoms with Crippen LogP contribution in [0.2, 0.25) is 0 Å². The molecule has 0 aliphatic carbocycles. The third-order valence-corrected chi connectivity index (χ3v) is 3.07. The van der Waals surface area contributed by atoms with Crippen LogP contribution in [0.1, 0.15) is 21.5 Å². The molecule has 2 aromatic carbocycles. The Hall–Kier alpha value is -3.33. The number of nitrogens with zero attached hydrogens (tertiary/aromatic N) is 2. The van der Waals surface area contributed by atoms with Crippen molar-refractivity contribution in [2.75, 3.05) is 14.2 Å². The molecule has 0 aliphatic heterocycles. The van der Waals surface area contributed by atoms with Gasteiger partial charge in [0.25, 0.3) is 5.91 Å². The number of carbonyl (C=O) groups excluding carboxylic acids is 1. The molecule has 0 saturated heterocycles. The van der Waals surface area contributed by atoms with E-state index in [1.165, 1.54) is 20.4 Å². The number of ether oxygens (including phenoxy) is 2. The van der Waals surface area contributed by atoms with Gasteiger partial charge in [-0.1, -0.05) is 12.1 Å². The molecule has 116 valence electrons. The third-order valence-electron chi connectivity index (χ3n) is 3.07. The lowest BCUT2D eigenvalue weighted by Gasteiger charge is -2.08. The predicted molar refractivity (Wildman–Crippen MR) is 85.8 cm³/mol. The van der Waals surface area contributed by atoms with Crippen molar-refractivity contribution in [1.29, 1.82) is 5.26 Å². The lowest BCUT2D eigenvalue weighted by molar-refractivity contribution is 0.0952. The van der Waals surface area contributed by atoms with E-state index in [0.717, 1.165) is 5.56 Å². The highest BCUT2D eigenvalue weighted by Gasteiger charge is 2.12. The van der Waals surface area contributed by atoms with Crippen LogP contribution in [0.25, 0.3) is 0 Å². The van der Waals surface area contributed by atoms with E-state index in [0.29, 0.717) is 22.6 Å². The number of carbonyl (C=O) groups is 1. The van der Waals surface area contributed by atoms with Crippen molar-refractivity contribution < 1.29 is 14.3 Å². The molecule has 0 heterocycles. The van der Waals surface area contributed by atoms with Gasteiger partial charge in [-0.2, -0.15) is 10.4 Å². The van der Waals surface area contributed by atoms with Gasteiger partial charge in [-0.15, -0.1) is 0 Å². The molecule has 0 fully saturated rings. The molecule has 2 rings (SSSR count). The molecule has 0 atom stereocenters. The average Bonchev–Trinajstić information content (AvgIpc) is 2.61. The topological polar surface area (TPSA) is 83.7 Å². The van der Waals surface area contributed by atoms with Crippen molar-refractivity contribution in [3.8, 4) is 17.6 Å². The minimum Gasteiger partial charge on any atom is -0.497 e. The lowest BCUT2D eigenvalue weighted by Crippen LogP contribution is -2.18. The molecular formula is C17H15N3O3. The number of nitriles is 1. The van der Waals surface area contributed by atoms with Gasteiger partial charge >= 0.3 is 0 Å². The van der Waals surface area contributed by atoms with Gasteiger partial charge in [0, 0.05) is 6.07 Å². The minimum atomic E-state index is -0.394. The highest BCUT2D eigenvalue weighted by atomic mass is 16.5. The Bertz CT molecular complexity index is 762. The van der Waals surface area contributed by atoms with Gasteiger partial charge in [0.05, 0.1) is 37.6 Å². The highest BCUT2D eigenvalue weighted by molar-refractivity contribution is 5.97. The summed E-state index contributed by atoms with van der Waals surface area (Å²) < 4.78 is 10.3. The molecule has 1 N–H and O–H groups in total. The van der Waals surface area contributed by atoms with E-state index < -0.39 is 5.91 Å². The number of nitrogens with one attached hydrogen (secondary N) is 1. The maximum Gasteiger partial charge on any atom is 0.275 e. The van der Waals surface area contributed by atoms with Crippen LogP contribution in [-0.2, 0) is 0 Å². The molecular weight excluding hydrogens is 294 g/mol. The van der Waals surface area contributed by atoms with Gasteiger partial charge in [-0.3, -0.25) is 4.79 Å². The van der Waals surface area contributed by atoms with Gasteiger partial charge < -0.3 is 9.47 Å². The minimum absolute atomic E-state index is 0.352. The first-order valence-corrected chi connectivity index (χ1v) is 6.73. The molecule has 6 nitrogen and oxygen atoms in total. The zero-order valence-corrected chi connectivity index (χ0v) is 12.7. The van der Waals surface area contributed by atoms with Crippen molar-refractivity contribution in [1.82, 2.24) is 5.43 Å². The number of hydrazone groups is 1. The maximum absolute atomic E-state index is 12.1. The standard InChI is InChI=1S/C17H15N3O3/c1-22-14-7-8-15(16(9-14)23-2)17(21)20-19-11-13-5-3-12(10-18)4-6-13/h3-9,11H,1-2H3,(H,20,21). The van der Waals surface area contributed by atoms with Gasteiger partial charge in [0.1, 0.15) is 11.5 Å². The van der Waals surface area contributed by atoms with Crippen LogP contribution in [0, 0.1) is 11.3 Å². The first kappa shape index (κ1) is 16.0. The van der Waals surface area contributed by atoms with Crippen molar-refractivity contribution in [2.24, 2.45) is 5.10 Å². The van der Waals surface area contributed by atoms with Crippen LogP contribution in [-0.4, -0.2) is 26.3 Å². The Morgan fingerprint density at radius 3 is 2.52 bits per heavy atom. The van der Waals surface area contributed by atoms with E-state index in [1.54, 1.807) is 42.5 Å². The second-order valence-corrected chi connectivity index (χ2v) is 4.50. The quantitative estimate of drug-likeness (QED) is 0.678. The number of hydrogen-bond donors (Lipinski definition) is 1. The fourth-order valence-electron chi connectivity index (χ4n) is 1.86. The van der Waals surface area contributed by atoms with Gasteiger partial charge in [-0.05, 0) is 29.8 Å². The zero-order chi connectivity index (χ0) is 16.7. The summed E-state index contributed by atoms with van der Waals surface area (Å²) in [5.41, 5.74) is 4.12. The summed E-state index contributed by atoms with van der Waals surface area (Å²) >= 11 is 0. The molecule has 0 unspecified atom stereocenters. The maximum atomic E-state index is 12.1. The summed E-state index contributed by atoms with van der Waals surface area (Å²) in [4.78, 5) is 12.1. The SMILES string of the molecule is COc1ccc(C(=O)NN=Cc2ccc(C#N)cc2)c(OC)c1. The summed E-state index contributed by atoms with van der Waals surface area (Å²) in [5, 5.41) is 12.6. The Labute approximate surface area is 134 Å². The molecule has 0 bridgehead atoms. The summed E-state index contributed by atoms with van der Waals surface area (Å²) in [6.45, 7) is 0. The summed E-state index contributed by atoms with van der Waals surface area (Å²) in [6, 6.07) is 13.8. The van der Waals surface area contributed by atoms with Crippen molar-refractivity contribution in [2.45, 2.75) is 0 Å². The van der Waals surface area contributed by atoms with Crippen LogP contribution < -0.4 is 14.9 Å². The van der Waals surface area contributed by atoms with Gasteiger partial charge in [-0.25, -0.2) is 5.43 Å². The molecule has 0 radical (unpaired) electrons. The van der Waals surface area contributed by atoms with E-state index in [2.05, 4.69) is 10.5 Å². The molecule has 23 heavy (non-hydrogen) atoms. The Balaban J connectivity index is 2.07. The Kier molecular flexibility index (Phi) is 5.31. The van der Waals surface area contributed by atoms with Gasteiger partial charge in [0.15, 0.2) is 0 Å². The first-order chi connectivity index (χ1) is 11.2. The lowest BCUT2D eigenvalue weighted by atomic mass is 10.2. The molecule has 0 aliphatic rings. The van der Waals surface area contributed by atoms with Crippen LogP contribution in [0.15, 0.2) is 47.6 Å². The fraction of sp³-hybridized carbons (Fsp3) is 0.118. The van der Waals surface area contributed by atoms with Crippen LogP contribution in [0.3, 0.4) is 0 Å². The van der Waals surface area contributed by atoms with E-state index >= 15 is 0 Å². The number of rotatable bonds is 5. The summed E-state index contributed by atoms with van der Waals surface area (Å²) in [6.07, 6.45) is 1.50. The Morgan fingerprint density at radius 2 is 1.91 bits per heavy atom. The van der Waals surface area contributed by atoms with E-state index in [1.807, 2.05) is 6.07 Å². The Morgan fingerprint density at radius 1 is 1.17 bits per heavy atom. The molecule has 0 saturated carbocycles. The number of hydrogen-bond acceptors (Lipinski definition) is 5. The van der Waals surface area contributed by atoms with E-state index in [-0.39, 0.29) is 0 Å². The second-order valence-electron chi connectivity index (χ2n) is 4.50. The number of methoxy groups -OCH3 is 2. The fourth-order valence-corrected chi connectivity index (χ4v) is 1.86. The first-order valence-electron chi connectivity index (χ1n) is 6.73. The monoisotopic (exact) mass is 309 g/mol. The van der Waals surface area contributed by atoms with Crippen molar-refractivity contribution >= 4 is 12.1 Å². The summed E-state index contributed by atoms with van der Waals surface area (Å²) in [5.74, 6) is 0.601. The zero-order valence-electron chi connectivity index (χ0n) is 12.7. The highest BCUT2D eigenvalue weighted by Crippen LogP contribution is 2.24. The third kappa shape index (κ3) is 4.08. The average molecular weight is 309 g/mol. The van der Waals surface area contributed by atoms with E-state index in [9.17, 15) is 4.79 Å². The molecule has 0 aromatic heterocycles. The normalized spacial score (nSPS) is 10.1. The van der Waals surface area contributed by atoms with Crippen molar-refractivity contribution in [3.63, 3.8) is 0 Å². The predicted octanol–water partition coefficient (Wildman–Crippen LogP) is 2.34. The van der Waals surface area contributed by atoms with E-state index in [4.69, 9.17) is 14.7 Å². The van der Waals surface area contributed by atoms with Crippen LogP contribution >= 0.6 is 0 Å². The number of amides is 1.